The lowest BCUT2D eigenvalue weighted by atomic mass is 10.1. The first-order valence-electron chi connectivity index (χ1n) is 7.51. The minimum absolute atomic E-state index is 0.0982. The lowest BCUT2D eigenvalue weighted by molar-refractivity contribution is -0.115. The number of anilines is 1. The van der Waals surface area contributed by atoms with Gasteiger partial charge in [0.05, 0.1) is 24.9 Å². The number of halogens is 1. The normalized spacial score (nSPS) is 10.4. The highest BCUT2D eigenvalue weighted by atomic mass is 35.5. The number of hydrogen-bond acceptors (Lipinski definition) is 2. The molecule has 0 unspecified atom stereocenters. The molecule has 0 bridgehead atoms. The van der Waals surface area contributed by atoms with Crippen molar-refractivity contribution in [1.82, 2.24) is 4.57 Å². The molecule has 1 heterocycles. The zero-order valence-electron chi connectivity index (χ0n) is 13.2. The Balaban J connectivity index is 1.79. The van der Waals surface area contributed by atoms with Gasteiger partial charge in [0.15, 0.2) is 0 Å². The van der Waals surface area contributed by atoms with Gasteiger partial charge in [0.2, 0.25) is 5.91 Å². The number of carbonyl (C=O) groups excluding carboxylic acids is 1. The number of rotatable bonds is 5. The molecule has 1 N–H and O–H groups in total. The maximum absolute atomic E-state index is 12.4. The lowest BCUT2D eigenvalue weighted by Gasteiger charge is -2.13. The summed E-state index contributed by atoms with van der Waals surface area (Å²) < 4.78 is 7.10. The minimum atomic E-state index is -0.0982. The standard InChI is InChI=1S/C19H17ClN2O2/c1-24-16-6-4-5-14(11-16)12-19(23)21-17-8-7-15(20)13-18(17)22-9-2-3-10-22/h2-11,13H,12H2,1H3,(H,21,23). The molecule has 2 aromatic carbocycles. The molecule has 0 aliphatic heterocycles. The van der Waals surface area contributed by atoms with Crippen molar-refractivity contribution in [2.24, 2.45) is 0 Å². The highest BCUT2D eigenvalue weighted by molar-refractivity contribution is 6.30. The molecule has 0 saturated carbocycles. The van der Waals surface area contributed by atoms with Crippen LogP contribution in [0.3, 0.4) is 0 Å². The Bertz CT molecular complexity index is 844. The summed E-state index contributed by atoms with van der Waals surface area (Å²) >= 11 is 6.09. The number of hydrogen-bond donors (Lipinski definition) is 1. The van der Waals surface area contributed by atoms with E-state index in [2.05, 4.69) is 5.32 Å². The summed E-state index contributed by atoms with van der Waals surface area (Å²) in [6, 6.07) is 16.7. The van der Waals surface area contributed by atoms with Crippen LogP contribution in [-0.2, 0) is 11.2 Å². The molecule has 0 spiro atoms. The lowest BCUT2D eigenvalue weighted by Crippen LogP contribution is -2.16. The molecule has 24 heavy (non-hydrogen) atoms. The molecule has 3 rings (SSSR count). The van der Waals surface area contributed by atoms with Gasteiger partial charge in [-0.25, -0.2) is 0 Å². The molecule has 5 heteroatoms. The van der Waals surface area contributed by atoms with Crippen molar-refractivity contribution in [3.63, 3.8) is 0 Å². The van der Waals surface area contributed by atoms with Crippen LogP contribution in [0.1, 0.15) is 5.56 Å². The Kier molecular flexibility index (Phi) is 4.87. The minimum Gasteiger partial charge on any atom is -0.497 e. The van der Waals surface area contributed by atoms with Gasteiger partial charge in [-0.05, 0) is 48.0 Å². The van der Waals surface area contributed by atoms with Crippen LogP contribution in [0.25, 0.3) is 5.69 Å². The SMILES string of the molecule is COc1cccc(CC(=O)Nc2ccc(Cl)cc2-n2cccc2)c1. The Morgan fingerprint density at radius 1 is 1.12 bits per heavy atom. The molecule has 0 aliphatic rings. The van der Waals surface area contributed by atoms with Crippen LogP contribution in [-0.4, -0.2) is 17.6 Å². The predicted molar refractivity (Wildman–Crippen MR) is 96.1 cm³/mol. The number of ether oxygens (including phenoxy) is 1. The van der Waals surface area contributed by atoms with Crippen molar-refractivity contribution < 1.29 is 9.53 Å². The summed E-state index contributed by atoms with van der Waals surface area (Å²) in [5.74, 6) is 0.638. The Hall–Kier alpha value is -2.72. The topological polar surface area (TPSA) is 43.3 Å². The number of benzene rings is 2. The zero-order chi connectivity index (χ0) is 16.9. The van der Waals surface area contributed by atoms with Crippen molar-refractivity contribution in [1.29, 1.82) is 0 Å². The van der Waals surface area contributed by atoms with Crippen molar-refractivity contribution in [2.75, 3.05) is 12.4 Å². The van der Waals surface area contributed by atoms with Crippen LogP contribution in [0.5, 0.6) is 5.75 Å². The molecule has 0 aliphatic carbocycles. The second-order valence-electron chi connectivity index (χ2n) is 5.33. The summed E-state index contributed by atoms with van der Waals surface area (Å²) in [6.45, 7) is 0. The Morgan fingerprint density at radius 3 is 2.67 bits per heavy atom. The monoisotopic (exact) mass is 340 g/mol. The van der Waals surface area contributed by atoms with E-state index in [-0.39, 0.29) is 12.3 Å². The van der Waals surface area contributed by atoms with Crippen LogP contribution in [0, 0.1) is 0 Å². The number of amides is 1. The summed E-state index contributed by atoms with van der Waals surface area (Å²) in [5.41, 5.74) is 2.43. The van der Waals surface area contributed by atoms with E-state index in [1.807, 2.05) is 59.4 Å². The molecule has 3 aromatic rings. The molecule has 4 nitrogen and oxygen atoms in total. The predicted octanol–water partition coefficient (Wildman–Crippen LogP) is 4.32. The van der Waals surface area contributed by atoms with Gasteiger partial charge in [-0.15, -0.1) is 0 Å². The van der Waals surface area contributed by atoms with E-state index < -0.39 is 0 Å². The van der Waals surface area contributed by atoms with Gasteiger partial charge in [0, 0.05) is 17.4 Å². The average molecular weight is 341 g/mol. The van der Waals surface area contributed by atoms with Crippen LogP contribution >= 0.6 is 11.6 Å². The molecule has 1 amide bonds. The van der Waals surface area contributed by atoms with Gasteiger partial charge in [-0.3, -0.25) is 4.79 Å². The number of nitrogens with zero attached hydrogens (tertiary/aromatic N) is 1. The maximum Gasteiger partial charge on any atom is 0.228 e. The summed E-state index contributed by atoms with van der Waals surface area (Å²) in [6.07, 6.45) is 4.08. The maximum atomic E-state index is 12.4. The number of nitrogens with one attached hydrogen (secondary N) is 1. The van der Waals surface area contributed by atoms with Crippen molar-refractivity contribution in [3.8, 4) is 11.4 Å². The first-order valence-corrected chi connectivity index (χ1v) is 7.89. The second kappa shape index (κ2) is 7.23. The van der Waals surface area contributed by atoms with Crippen molar-refractivity contribution in [2.45, 2.75) is 6.42 Å². The van der Waals surface area contributed by atoms with Gasteiger partial charge in [-0.1, -0.05) is 23.7 Å². The third kappa shape index (κ3) is 3.78. The third-order valence-corrected chi connectivity index (χ3v) is 3.85. The van der Waals surface area contributed by atoms with Crippen LogP contribution in [0.4, 0.5) is 5.69 Å². The number of carbonyl (C=O) groups is 1. The molecular formula is C19H17ClN2O2. The quantitative estimate of drug-likeness (QED) is 0.751. The van der Waals surface area contributed by atoms with Crippen LogP contribution in [0.2, 0.25) is 5.02 Å². The van der Waals surface area contributed by atoms with Gasteiger partial charge in [0.1, 0.15) is 5.75 Å². The van der Waals surface area contributed by atoms with Gasteiger partial charge in [0.25, 0.3) is 0 Å². The van der Waals surface area contributed by atoms with E-state index in [1.165, 1.54) is 0 Å². The summed E-state index contributed by atoms with van der Waals surface area (Å²) in [5, 5.41) is 3.57. The third-order valence-electron chi connectivity index (χ3n) is 3.62. The van der Waals surface area contributed by atoms with E-state index in [0.29, 0.717) is 10.7 Å². The summed E-state index contributed by atoms with van der Waals surface area (Å²) in [7, 11) is 1.61. The molecule has 0 atom stereocenters. The number of aromatic nitrogens is 1. The van der Waals surface area contributed by atoms with Crippen LogP contribution < -0.4 is 10.1 Å². The number of methoxy groups -OCH3 is 1. The Labute approximate surface area is 145 Å². The average Bonchev–Trinajstić information content (AvgIpc) is 3.11. The van der Waals surface area contributed by atoms with Gasteiger partial charge in [-0.2, -0.15) is 0 Å². The van der Waals surface area contributed by atoms with Crippen LogP contribution in [0.15, 0.2) is 67.0 Å². The molecule has 0 saturated heterocycles. The van der Waals surface area contributed by atoms with E-state index in [0.717, 1.165) is 17.0 Å². The fourth-order valence-electron chi connectivity index (χ4n) is 2.48. The largest absolute Gasteiger partial charge is 0.497 e. The fraction of sp³-hybridized carbons (Fsp3) is 0.105. The van der Waals surface area contributed by atoms with Gasteiger partial charge >= 0.3 is 0 Å². The highest BCUT2D eigenvalue weighted by Crippen LogP contribution is 2.25. The fourth-order valence-corrected chi connectivity index (χ4v) is 2.65. The molecule has 122 valence electrons. The molecule has 1 aromatic heterocycles. The van der Waals surface area contributed by atoms with Crippen molar-refractivity contribution >= 4 is 23.2 Å². The van der Waals surface area contributed by atoms with Gasteiger partial charge < -0.3 is 14.6 Å². The van der Waals surface area contributed by atoms with E-state index >= 15 is 0 Å². The van der Waals surface area contributed by atoms with E-state index in [1.54, 1.807) is 19.2 Å². The first kappa shape index (κ1) is 16.1. The zero-order valence-corrected chi connectivity index (χ0v) is 14.0. The Morgan fingerprint density at radius 2 is 1.92 bits per heavy atom. The van der Waals surface area contributed by atoms with E-state index in [4.69, 9.17) is 16.3 Å². The molecule has 0 fully saturated rings. The first-order chi connectivity index (χ1) is 11.7. The molecular weight excluding hydrogens is 324 g/mol. The molecule has 0 radical (unpaired) electrons. The highest BCUT2D eigenvalue weighted by Gasteiger charge is 2.10. The summed E-state index contributed by atoms with van der Waals surface area (Å²) in [4.78, 5) is 12.4. The smallest absolute Gasteiger partial charge is 0.228 e. The second-order valence-corrected chi connectivity index (χ2v) is 5.76. The van der Waals surface area contributed by atoms with E-state index in [9.17, 15) is 4.79 Å². The van der Waals surface area contributed by atoms with Crippen molar-refractivity contribution in [3.05, 3.63) is 77.6 Å².